The highest BCUT2D eigenvalue weighted by Crippen LogP contribution is 2.26. The zero-order valence-corrected chi connectivity index (χ0v) is 24.1. The molecule has 0 aliphatic heterocycles. The lowest BCUT2D eigenvalue weighted by Crippen LogP contribution is -2.38. The van der Waals surface area contributed by atoms with Crippen molar-refractivity contribution in [1.82, 2.24) is 4.98 Å². The number of H-pyrrole nitrogens is 1. The number of nitrogens with zero attached hydrogens (tertiary/aromatic N) is 1. The van der Waals surface area contributed by atoms with Gasteiger partial charge in [0.2, 0.25) is 0 Å². The summed E-state index contributed by atoms with van der Waals surface area (Å²) in [5.74, 6) is 2.12. The standard InChI is InChI=1S/C34H58N2/c1-3-5-7-9-11-13-14-15-17-19-24-28-33(27-23-18-16-12-10-8-6-4-2)34-35-29-30-36(34)31-32-25-21-20-22-26-32/h20-22,25-26,29-30,33H,3-19,23-24,27-28,31H2,1-2H3/p+1/t33-/m0/s1. The molecule has 0 amide bonds. The maximum atomic E-state index is 3.65. The van der Waals surface area contributed by atoms with Crippen molar-refractivity contribution in [2.24, 2.45) is 0 Å². The van der Waals surface area contributed by atoms with Crippen molar-refractivity contribution >= 4 is 0 Å². The quantitative estimate of drug-likeness (QED) is 0.110. The predicted octanol–water partition coefficient (Wildman–Crippen LogP) is 10.7. The Morgan fingerprint density at radius 1 is 0.583 bits per heavy atom. The van der Waals surface area contributed by atoms with Gasteiger partial charge in [0.05, 0.1) is 5.92 Å². The van der Waals surface area contributed by atoms with E-state index in [1.165, 1.54) is 146 Å². The Balaban J connectivity index is 1.74. The Labute approximate surface area is 224 Å². The third-order valence-electron chi connectivity index (χ3n) is 7.94. The molecule has 0 aliphatic carbocycles. The molecule has 36 heavy (non-hydrogen) atoms. The summed E-state index contributed by atoms with van der Waals surface area (Å²) in [6, 6.07) is 10.9. The molecule has 0 saturated heterocycles. The van der Waals surface area contributed by atoms with Crippen LogP contribution in [-0.4, -0.2) is 4.98 Å². The van der Waals surface area contributed by atoms with Gasteiger partial charge in [0.25, 0.3) is 5.82 Å². The summed E-state index contributed by atoms with van der Waals surface area (Å²) in [6.07, 6.45) is 34.0. The summed E-state index contributed by atoms with van der Waals surface area (Å²) in [6.45, 7) is 5.59. The van der Waals surface area contributed by atoms with Crippen LogP contribution < -0.4 is 4.57 Å². The zero-order valence-electron chi connectivity index (χ0n) is 24.1. The number of unbranched alkanes of at least 4 members (excludes halogenated alkanes) is 17. The molecule has 0 unspecified atom stereocenters. The lowest BCUT2D eigenvalue weighted by molar-refractivity contribution is -0.695. The van der Waals surface area contributed by atoms with Crippen LogP contribution in [0.15, 0.2) is 42.7 Å². The van der Waals surface area contributed by atoms with Crippen LogP contribution >= 0.6 is 0 Å². The monoisotopic (exact) mass is 495 g/mol. The van der Waals surface area contributed by atoms with Crippen molar-refractivity contribution in [2.45, 2.75) is 161 Å². The van der Waals surface area contributed by atoms with Crippen LogP contribution in [0.4, 0.5) is 0 Å². The summed E-state index contributed by atoms with van der Waals surface area (Å²) < 4.78 is 2.48. The van der Waals surface area contributed by atoms with E-state index in [0.717, 1.165) is 6.54 Å². The maximum Gasteiger partial charge on any atom is 0.257 e. The summed E-state index contributed by atoms with van der Waals surface area (Å²) >= 11 is 0. The molecule has 0 spiro atoms. The second-order valence-electron chi connectivity index (χ2n) is 11.2. The highest BCUT2D eigenvalue weighted by molar-refractivity contribution is 5.13. The molecule has 2 aromatic rings. The van der Waals surface area contributed by atoms with Crippen LogP contribution in [-0.2, 0) is 6.54 Å². The highest BCUT2D eigenvalue weighted by Gasteiger charge is 2.22. The molecular weight excluding hydrogens is 436 g/mol. The first-order valence-electron chi connectivity index (χ1n) is 16.0. The van der Waals surface area contributed by atoms with Crippen LogP contribution in [0.5, 0.6) is 0 Å². The Bertz CT molecular complexity index is 720. The molecule has 1 aromatic heterocycles. The largest absolute Gasteiger partial charge is 0.257 e. The van der Waals surface area contributed by atoms with Crippen molar-refractivity contribution in [1.29, 1.82) is 0 Å². The van der Waals surface area contributed by atoms with Crippen molar-refractivity contribution in [3.05, 3.63) is 54.1 Å². The number of hydrogen-bond acceptors (Lipinski definition) is 0. The van der Waals surface area contributed by atoms with Crippen molar-refractivity contribution in [3.8, 4) is 0 Å². The Morgan fingerprint density at radius 2 is 1.03 bits per heavy atom. The van der Waals surface area contributed by atoms with E-state index in [4.69, 9.17) is 0 Å². The summed E-state index contributed by atoms with van der Waals surface area (Å²) in [7, 11) is 0. The van der Waals surface area contributed by atoms with E-state index in [1.807, 2.05) is 0 Å². The van der Waals surface area contributed by atoms with Gasteiger partial charge in [0.15, 0.2) is 0 Å². The fourth-order valence-corrected chi connectivity index (χ4v) is 5.64. The smallest absolute Gasteiger partial charge is 0.247 e. The minimum absolute atomic E-state index is 0.669. The number of aromatic nitrogens is 2. The molecule has 2 nitrogen and oxygen atoms in total. The number of benzene rings is 1. The topological polar surface area (TPSA) is 19.7 Å². The average Bonchev–Trinajstić information content (AvgIpc) is 3.36. The maximum absolute atomic E-state index is 3.65. The van der Waals surface area contributed by atoms with Gasteiger partial charge in [0.1, 0.15) is 18.9 Å². The fourth-order valence-electron chi connectivity index (χ4n) is 5.64. The van der Waals surface area contributed by atoms with E-state index < -0.39 is 0 Å². The minimum atomic E-state index is 0.669. The minimum Gasteiger partial charge on any atom is -0.247 e. The first-order chi connectivity index (χ1) is 17.8. The van der Waals surface area contributed by atoms with Crippen molar-refractivity contribution in [3.63, 3.8) is 0 Å². The van der Waals surface area contributed by atoms with E-state index in [-0.39, 0.29) is 0 Å². The van der Waals surface area contributed by atoms with Gasteiger partial charge in [-0.05, 0) is 18.4 Å². The van der Waals surface area contributed by atoms with Crippen LogP contribution in [0.2, 0.25) is 0 Å². The molecule has 1 atom stereocenters. The number of nitrogens with one attached hydrogen (secondary N) is 1. The fraction of sp³-hybridized carbons (Fsp3) is 0.735. The van der Waals surface area contributed by atoms with Gasteiger partial charge >= 0.3 is 0 Å². The first-order valence-corrected chi connectivity index (χ1v) is 16.0. The molecule has 1 N–H and O–H groups in total. The van der Waals surface area contributed by atoms with E-state index in [0.29, 0.717) is 5.92 Å². The van der Waals surface area contributed by atoms with Gasteiger partial charge in [-0.2, -0.15) is 0 Å². The van der Waals surface area contributed by atoms with Crippen LogP contribution in [0.3, 0.4) is 0 Å². The molecule has 2 rings (SSSR count). The number of rotatable bonds is 24. The van der Waals surface area contributed by atoms with Gasteiger partial charge in [-0.3, -0.25) is 0 Å². The first kappa shape index (κ1) is 30.7. The highest BCUT2D eigenvalue weighted by atomic mass is 15.1. The molecule has 204 valence electrons. The van der Waals surface area contributed by atoms with E-state index >= 15 is 0 Å². The molecule has 0 saturated carbocycles. The van der Waals surface area contributed by atoms with Crippen LogP contribution in [0.1, 0.15) is 166 Å². The zero-order chi connectivity index (χ0) is 25.5. The van der Waals surface area contributed by atoms with Gasteiger partial charge in [0, 0.05) is 0 Å². The SMILES string of the molecule is CCCCCCCCCCCCC[C@H](CCCCCCCCCC)c1[nH]cc[n+]1Cc1ccccc1. The lowest BCUT2D eigenvalue weighted by Gasteiger charge is -2.14. The van der Waals surface area contributed by atoms with E-state index in [2.05, 4.69) is 66.1 Å². The van der Waals surface area contributed by atoms with Gasteiger partial charge in [-0.25, -0.2) is 9.55 Å². The second kappa shape index (κ2) is 21.5. The third-order valence-corrected chi connectivity index (χ3v) is 7.94. The predicted molar refractivity (Wildman–Crippen MR) is 158 cm³/mol. The second-order valence-corrected chi connectivity index (χ2v) is 11.2. The number of imidazole rings is 1. The van der Waals surface area contributed by atoms with E-state index in [1.54, 1.807) is 0 Å². The molecular formula is C34H59N2+. The molecule has 0 aliphatic rings. The van der Waals surface area contributed by atoms with Gasteiger partial charge < -0.3 is 0 Å². The molecule has 0 bridgehead atoms. The van der Waals surface area contributed by atoms with Crippen molar-refractivity contribution < 1.29 is 4.57 Å². The Hall–Kier alpha value is -1.57. The molecule has 1 heterocycles. The summed E-state index contributed by atoms with van der Waals surface area (Å²) in [4.78, 5) is 3.65. The normalized spacial score (nSPS) is 12.3. The van der Waals surface area contributed by atoms with Gasteiger partial charge in [-0.1, -0.05) is 166 Å². The lowest BCUT2D eigenvalue weighted by atomic mass is 9.93. The summed E-state index contributed by atoms with van der Waals surface area (Å²) in [5.41, 5.74) is 1.39. The average molecular weight is 496 g/mol. The van der Waals surface area contributed by atoms with Gasteiger partial charge in [-0.15, -0.1) is 0 Å². The third kappa shape index (κ3) is 14.2. The Morgan fingerprint density at radius 3 is 1.50 bits per heavy atom. The Kier molecular flexibility index (Phi) is 18.3. The number of aromatic amines is 1. The molecule has 0 radical (unpaired) electrons. The molecule has 2 heteroatoms. The van der Waals surface area contributed by atoms with Crippen molar-refractivity contribution in [2.75, 3.05) is 0 Å². The number of hydrogen-bond donors (Lipinski definition) is 1. The van der Waals surface area contributed by atoms with Crippen LogP contribution in [0.25, 0.3) is 0 Å². The molecule has 0 fully saturated rings. The van der Waals surface area contributed by atoms with Crippen LogP contribution in [0, 0.1) is 0 Å². The van der Waals surface area contributed by atoms with E-state index in [9.17, 15) is 0 Å². The molecule has 1 aromatic carbocycles. The summed E-state index contributed by atoms with van der Waals surface area (Å²) in [5, 5.41) is 0.